The van der Waals surface area contributed by atoms with Crippen LogP contribution in [-0.2, 0) is 28.0 Å². The molecule has 0 aliphatic heterocycles. The summed E-state index contributed by atoms with van der Waals surface area (Å²) < 4.78 is 43.3. The zero-order valence-corrected chi connectivity index (χ0v) is 11.3. The Morgan fingerprint density at radius 3 is 2.50 bits per heavy atom. The third-order valence-electron chi connectivity index (χ3n) is 2.62. The fourth-order valence-electron chi connectivity index (χ4n) is 1.77. The Morgan fingerprint density at radius 2 is 2.05 bits per heavy atom. The highest BCUT2D eigenvalue weighted by atomic mass is 35.5. The lowest BCUT2D eigenvalue weighted by molar-refractivity contribution is -0.143. The van der Waals surface area contributed by atoms with Gasteiger partial charge in [-0.3, -0.25) is 4.79 Å². The summed E-state index contributed by atoms with van der Waals surface area (Å²) in [5.41, 5.74) is -1.24. The third kappa shape index (κ3) is 3.64. The van der Waals surface area contributed by atoms with Gasteiger partial charge < -0.3 is 4.74 Å². The molecule has 1 rings (SSSR count). The van der Waals surface area contributed by atoms with Gasteiger partial charge in [-0.15, -0.1) is 11.6 Å². The van der Waals surface area contributed by atoms with Crippen molar-refractivity contribution < 1.29 is 22.7 Å². The zero-order valence-electron chi connectivity index (χ0n) is 10.6. The number of rotatable bonds is 4. The lowest BCUT2D eigenvalue weighted by Gasteiger charge is -2.16. The van der Waals surface area contributed by atoms with E-state index in [0.29, 0.717) is 0 Å². The highest BCUT2D eigenvalue weighted by molar-refractivity contribution is 6.17. The fraction of sp³-hybridized carbons (Fsp3) is 0.385. The van der Waals surface area contributed by atoms with Crippen LogP contribution < -0.4 is 0 Å². The van der Waals surface area contributed by atoms with Gasteiger partial charge in [0.25, 0.3) is 0 Å². The van der Waals surface area contributed by atoms with Gasteiger partial charge in [0, 0.05) is 5.88 Å². The van der Waals surface area contributed by atoms with Crippen molar-refractivity contribution in [3.05, 3.63) is 34.4 Å². The molecule has 0 fully saturated rings. The Labute approximate surface area is 118 Å². The second-order valence-corrected chi connectivity index (χ2v) is 4.11. The molecule has 0 heterocycles. The van der Waals surface area contributed by atoms with Crippen LogP contribution in [0.25, 0.3) is 0 Å². The molecule has 3 nitrogen and oxygen atoms in total. The molecule has 20 heavy (non-hydrogen) atoms. The van der Waals surface area contributed by atoms with Crippen LogP contribution in [0, 0.1) is 11.3 Å². The Morgan fingerprint density at radius 1 is 1.40 bits per heavy atom. The van der Waals surface area contributed by atoms with Crippen molar-refractivity contribution in [2.24, 2.45) is 0 Å². The topological polar surface area (TPSA) is 50.1 Å². The number of carbonyl (C=O) groups is 1. The number of alkyl halides is 4. The monoisotopic (exact) mass is 305 g/mol. The largest absolute Gasteiger partial charge is 0.466 e. The van der Waals surface area contributed by atoms with Crippen LogP contribution in [0.5, 0.6) is 0 Å². The van der Waals surface area contributed by atoms with Gasteiger partial charge >= 0.3 is 12.1 Å². The van der Waals surface area contributed by atoms with Gasteiger partial charge in [0.1, 0.15) is 0 Å². The number of carbonyl (C=O) groups excluding carboxylic acids is 1. The predicted octanol–water partition coefficient (Wildman–Crippen LogP) is 3.42. The summed E-state index contributed by atoms with van der Waals surface area (Å²) in [5, 5.41) is 8.95. The molecular weight excluding hydrogens is 295 g/mol. The van der Waals surface area contributed by atoms with Crippen LogP contribution in [0.15, 0.2) is 12.1 Å². The van der Waals surface area contributed by atoms with Crippen LogP contribution in [0.4, 0.5) is 13.2 Å². The second-order valence-electron chi connectivity index (χ2n) is 3.84. The summed E-state index contributed by atoms with van der Waals surface area (Å²) in [7, 11) is 0. The number of esters is 1. The van der Waals surface area contributed by atoms with Crippen molar-refractivity contribution in [2.75, 3.05) is 6.61 Å². The van der Waals surface area contributed by atoms with Crippen molar-refractivity contribution in [2.45, 2.75) is 25.4 Å². The molecule has 0 aliphatic carbocycles. The van der Waals surface area contributed by atoms with Crippen molar-refractivity contribution in [1.82, 2.24) is 0 Å². The molecule has 0 bridgehead atoms. The molecule has 108 valence electrons. The van der Waals surface area contributed by atoms with E-state index in [1.54, 1.807) is 13.0 Å². The van der Waals surface area contributed by atoms with E-state index in [0.717, 1.165) is 12.1 Å². The van der Waals surface area contributed by atoms with E-state index in [9.17, 15) is 18.0 Å². The number of ether oxygens (including phenoxy) is 1. The summed E-state index contributed by atoms with van der Waals surface area (Å²) in [6, 6.07) is 3.59. The zero-order chi connectivity index (χ0) is 15.3. The number of benzene rings is 1. The minimum absolute atomic E-state index is 0.0123. The molecule has 0 unspecified atom stereocenters. The first-order valence-electron chi connectivity index (χ1n) is 5.68. The van der Waals surface area contributed by atoms with Gasteiger partial charge in [0.05, 0.1) is 30.2 Å². The maximum absolute atomic E-state index is 12.9. The SMILES string of the molecule is CCOC(=O)Cc1c(C#N)ccc(C(F)(F)F)c1CCl. The van der Waals surface area contributed by atoms with Crippen LogP contribution >= 0.6 is 11.6 Å². The first-order valence-corrected chi connectivity index (χ1v) is 6.22. The molecule has 0 N–H and O–H groups in total. The molecule has 0 aromatic heterocycles. The maximum Gasteiger partial charge on any atom is 0.416 e. The van der Waals surface area contributed by atoms with E-state index in [1.807, 2.05) is 0 Å². The summed E-state index contributed by atoms with van der Waals surface area (Å²) in [4.78, 5) is 11.5. The number of halogens is 4. The van der Waals surface area contributed by atoms with Crippen molar-refractivity contribution in [1.29, 1.82) is 5.26 Å². The molecule has 0 spiro atoms. The smallest absolute Gasteiger partial charge is 0.416 e. The molecule has 1 aromatic rings. The first-order chi connectivity index (χ1) is 9.35. The lowest BCUT2D eigenvalue weighted by atomic mass is 9.95. The van der Waals surface area contributed by atoms with E-state index >= 15 is 0 Å². The van der Waals surface area contributed by atoms with E-state index in [4.69, 9.17) is 21.6 Å². The first kappa shape index (κ1) is 16.3. The van der Waals surface area contributed by atoms with E-state index < -0.39 is 30.0 Å². The molecule has 0 atom stereocenters. The molecule has 0 saturated carbocycles. The highest BCUT2D eigenvalue weighted by Crippen LogP contribution is 2.35. The second kappa shape index (κ2) is 6.62. The Kier molecular flexibility index (Phi) is 5.40. The summed E-state index contributed by atoms with van der Waals surface area (Å²) in [6.07, 6.45) is -5.01. The Bertz CT molecular complexity index is 550. The van der Waals surface area contributed by atoms with Gasteiger partial charge in [0.2, 0.25) is 0 Å². The van der Waals surface area contributed by atoms with E-state index in [1.165, 1.54) is 0 Å². The van der Waals surface area contributed by atoms with E-state index in [2.05, 4.69) is 0 Å². The average Bonchev–Trinajstić information content (AvgIpc) is 2.37. The number of nitriles is 1. The minimum atomic E-state index is -4.60. The van der Waals surface area contributed by atoms with Crippen LogP contribution in [0.3, 0.4) is 0 Å². The molecule has 0 aliphatic rings. The fourth-order valence-corrected chi connectivity index (χ4v) is 2.08. The summed E-state index contributed by atoms with van der Waals surface area (Å²) in [5.74, 6) is -1.14. The van der Waals surface area contributed by atoms with Crippen LogP contribution in [0.1, 0.15) is 29.2 Å². The molecule has 7 heteroatoms. The molecule has 0 radical (unpaired) electrons. The Balaban J connectivity index is 3.38. The van der Waals surface area contributed by atoms with Crippen molar-refractivity contribution in [3.63, 3.8) is 0 Å². The molecule has 0 saturated heterocycles. The van der Waals surface area contributed by atoms with Crippen LogP contribution in [0.2, 0.25) is 0 Å². The summed E-state index contributed by atoms with van der Waals surface area (Å²) in [6.45, 7) is 1.69. The normalized spacial score (nSPS) is 11.0. The van der Waals surface area contributed by atoms with Gasteiger partial charge in [-0.25, -0.2) is 0 Å². The molecule has 1 aromatic carbocycles. The van der Waals surface area contributed by atoms with Crippen LogP contribution in [-0.4, -0.2) is 12.6 Å². The Hall–Kier alpha value is -1.74. The maximum atomic E-state index is 12.9. The predicted molar refractivity (Wildman–Crippen MR) is 66.1 cm³/mol. The number of hydrogen-bond donors (Lipinski definition) is 0. The third-order valence-corrected chi connectivity index (χ3v) is 2.88. The van der Waals surface area contributed by atoms with Gasteiger partial charge in [-0.05, 0) is 30.2 Å². The van der Waals surface area contributed by atoms with Gasteiger partial charge in [-0.1, -0.05) is 0 Å². The van der Waals surface area contributed by atoms with E-state index in [-0.39, 0.29) is 23.3 Å². The quantitative estimate of drug-likeness (QED) is 0.632. The minimum Gasteiger partial charge on any atom is -0.466 e. The lowest BCUT2D eigenvalue weighted by Crippen LogP contribution is -2.15. The molecule has 0 amide bonds. The number of nitrogens with zero attached hydrogens (tertiary/aromatic N) is 1. The summed E-state index contributed by atoms with van der Waals surface area (Å²) >= 11 is 5.57. The van der Waals surface area contributed by atoms with Gasteiger partial charge in [0.15, 0.2) is 0 Å². The standard InChI is InChI=1S/C13H11ClF3NO2/c1-2-20-12(19)5-9-8(7-18)3-4-11(10(9)6-14)13(15,16)17/h3-4H,2,5-6H2,1H3. The molecular formula is C13H11ClF3NO2. The van der Waals surface area contributed by atoms with Crippen molar-refractivity contribution >= 4 is 17.6 Å². The van der Waals surface area contributed by atoms with Gasteiger partial charge in [-0.2, -0.15) is 18.4 Å². The number of hydrogen-bond acceptors (Lipinski definition) is 3. The van der Waals surface area contributed by atoms with Crippen molar-refractivity contribution in [3.8, 4) is 6.07 Å². The average molecular weight is 306 g/mol. The highest BCUT2D eigenvalue weighted by Gasteiger charge is 2.35.